The molecule has 1 fully saturated rings. The number of nitrogens with one attached hydrogen (secondary N) is 1. The molecule has 0 radical (unpaired) electrons. The first-order chi connectivity index (χ1) is 8.75. The van der Waals surface area contributed by atoms with E-state index in [0.717, 1.165) is 32.1 Å². The fraction of sp³-hybridized carbons (Fsp3) is 0.857. The maximum absolute atomic E-state index is 12.2. The van der Waals surface area contributed by atoms with Crippen LogP contribution in [0.3, 0.4) is 0 Å². The predicted molar refractivity (Wildman–Crippen MR) is 69.9 cm³/mol. The van der Waals surface area contributed by atoms with Crippen molar-refractivity contribution in [2.24, 2.45) is 5.41 Å². The molecule has 0 saturated heterocycles. The minimum Gasteiger partial charge on any atom is -0.382 e. The number of rotatable bonds is 6. The normalized spacial score (nSPS) is 18.7. The van der Waals surface area contributed by atoms with E-state index in [9.17, 15) is 10.1 Å². The van der Waals surface area contributed by atoms with Crippen LogP contribution >= 0.6 is 0 Å². The molecule has 102 valence electrons. The lowest BCUT2D eigenvalue weighted by Gasteiger charge is -2.23. The summed E-state index contributed by atoms with van der Waals surface area (Å²) in [5.74, 6) is -0.0802. The van der Waals surface area contributed by atoms with Crippen LogP contribution in [0.1, 0.15) is 51.9 Å². The summed E-state index contributed by atoms with van der Waals surface area (Å²) < 4.78 is 5.22. The summed E-state index contributed by atoms with van der Waals surface area (Å²) in [7, 11) is 0. The zero-order valence-corrected chi connectivity index (χ0v) is 11.3. The number of carbonyl (C=O) groups excluding carboxylic acids is 1. The van der Waals surface area contributed by atoms with E-state index in [4.69, 9.17) is 4.74 Å². The molecule has 18 heavy (non-hydrogen) atoms. The minimum absolute atomic E-state index is 0.0802. The van der Waals surface area contributed by atoms with Crippen LogP contribution in [0.2, 0.25) is 0 Å². The SMILES string of the molecule is CCOCCCNC(=O)C1(C#N)CCCCCC1. The smallest absolute Gasteiger partial charge is 0.240 e. The molecular weight excluding hydrogens is 228 g/mol. The standard InChI is InChI=1S/C14H24N2O2/c1-2-18-11-7-10-16-13(17)14(12-15)8-5-3-4-6-9-14/h2-11H2,1H3,(H,16,17). The van der Waals surface area contributed by atoms with Gasteiger partial charge >= 0.3 is 0 Å². The molecule has 1 aliphatic rings. The molecule has 0 spiro atoms. The lowest BCUT2D eigenvalue weighted by molar-refractivity contribution is -0.128. The van der Waals surface area contributed by atoms with Crippen molar-refractivity contribution >= 4 is 5.91 Å². The molecule has 0 heterocycles. The van der Waals surface area contributed by atoms with Crippen LogP contribution in [0.5, 0.6) is 0 Å². The van der Waals surface area contributed by atoms with Gasteiger partial charge in [0.2, 0.25) is 5.91 Å². The van der Waals surface area contributed by atoms with Crippen LogP contribution in [0.4, 0.5) is 0 Å². The van der Waals surface area contributed by atoms with Gasteiger partial charge < -0.3 is 10.1 Å². The largest absolute Gasteiger partial charge is 0.382 e. The summed E-state index contributed by atoms with van der Waals surface area (Å²) >= 11 is 0. The number of amides is 1. The number of hydrogen-bond acceptors (Lipinski definition) is 3. The van der Waals surface area contributed by atoms with Crippen molar-refractivity contribution < 1.29 is 9.53 Å². The van der Waals surface area contributed by atoms with E-state index in [0.29, 0.717) is 32.6 Å². The number of hydrogen-bond donors (Lipinski definition) is 1. The Kier molecular flexibility index (Phi) is 6.74. The Morgan fingerprint density at radius 1 is 1.33 bits per heavy atom. The third-order valence-electron chi connectivity index (χ3n) is 3.56. The first-order valence-electron chi connectivity index (χ1n) is 7.02. The lowest BCUT2D eigenvalue weighted by Crippen LogP contribution is -2.40. The van der Waals surface area contributed by atoms with Gasteiger partial charge in [-0.05, 0) is 26.2 Å². The van der Waals surface area contributed by atoms with Crippen molar-refractivity contribution in [3.05, 3.63) is 0 Å². The average molecular weight is 252 g/mol. The number of nitriles is 1. The maximum atomic E-state index is 12.2. The van der Waals surface area contributed by atoms with Crippen molar-refractivity contribution in [2.75, 3.05) is 19.8 Å². The topological polar surface area (TPSA) is 62.1 Å². The lowest BCUT2D eigenvalue weighted by atomic mass is 9.81. The number of nitrogens with zero attached hydrogens (tertiary/aromatic N) is 1. The molecule has 0 unspecified atom stereocenters. The molecule has 0 bridgehead atoms. The summed E-state index contributed by atoms with van der Waals surface area (Å²) in [6, 6.07) is 2.27. The molecule has 4 heteroatoms. The molecule has 0 aromatic rings. The second kappa shape index (κ2) is 8.10. The van der Waals surface area contributed by atoms with Crippen LogP contribution in [0, 0.1) is 16.7 Å². The fourth-order valence-corrected chi connectivity index (χ4v) is 2.41. The van der Waals surface area contributed by atoms with E-state index in [1.807, 2.05) is 6.92 Å². The van der Waals surface area contributed by atoms with E-state index >= 15 is 0 Å². The van der Waals surface area contributed by atoms with Crippen LogP contribution in [0.25, 0.3) is 0 Å². The van der Waals surface area contributed by atoms with Gasteiger partial charge in [-0.25, -0.2) is 0 Å². The van der Waals surface area contributed by atoms with Gasteiger partial charge in [0.1, 0.15) is 5.41 Å². The molecule has 4 nitrogen and oxygen atoms in total. The third-order valence-corrected chi connectivity index (χ3v) is 3.56. The molecule has 1 aliphatic carbocycles. The Bertz CT molecular complexity index is 289. The molecule has 0 atom stereocenters. The Hall–Kier alpha value is -1.08. The van der Waals surface area contributed by atoms with Gasteiger partial charge in [0.05, 0.1) is 6.07 Å². The van der Waals surface area contributed by atoms with Crippen LogP contribution in [0.15, 0.2) is 0 Å². The maximum Gasteiger partial charge on any atom is 0.240 e. The molecule has 1 rings (SSSR count). The van der Waals surface area contributed by atoms with Gasteiger partial charge in [-0.2, -0.15) is 5.26 Å². The van der Waals surface area contributed by atoms with Crippen molar-refractivity contribution in [1.29, 1.82) is 5.26 Å². The van der Waals surface area contributed by atoms with Crippen molar-refractivity contribution in [2.45, 2.75) is 51.9 Å². The van der Waals surface area contributed by atoms with E-state index in [1.54, 1.807) is 0 Å². The Balaban J connectivity index is 2.39. The Morgan fingerprint density at radius 2 is 2.00 bits per heavy atom. The highest BCUT2D eigenvalue weighted by Crippen LogP contribution is 2.34. The summed E-state index contributed by atoms with van der Waals surface area (Å²) in [5.41, 5.74) is -0.776. The number of ether oxygens (including phenoxy) is 1. The van der Waals surface area contributed by atoms with Gasteiger partial charge in [0, 0.05) is 19.8 Å². The Labute approximate surface area is 110 Å². The molecule has 1 saturated carbocycles. The van der Waals surface area contributed by atoms with Gasteiger partial charge in [-0.3, -0.25) is 4.79 Å². The molecule has 1 N–H and O–H groups in total. The quantitative estimate of drug-likeness (QED) is 0.583. The summed E-state index contributed by atoms with van der Waals surface area (Å²) in [6.45, 7) is 3.92. The first kappa shape index (κ1) is 15.0. The van der Waals surface area contributed by atoms with Gasteiger partial charge in [-0.15, -0.1) is 0 Å². The van der Waals surface area contributed by atoms with Gasteiger partial charge in [0.15, 0.2) is 0 Å². The third kappa shape index (κ3) is 4.30. The van der Waals surface area contributed by atoms with E-state index in [1.165, 1.54) is 0 Å². The summed E-state index contributed by atoms with van der Waals surface area (Å²) in [6.07, 6.45) is 6.48. The second-order valence-corrected chi connectivity index (χ2v) is 4.91. The summed E-state index contributed by atoms with van der Waals surface area (Å²) in [4.78, 5) is 12.2. The molecule has 0 aromatic carbocycles. The van der Waals surface area contributed by atoms with Gasteiger partial charge in [-0.1, -0.05) is 25.7 Å². The number of carbonyl (C=O) groups is 1. The monoisotopic (exact) mass is 252 g/mol. The highest BCUT2D eigenvalue weighted by atomic mass is 16.5. The average Bonchev–Trinajstić information content (AvgIpc) is 2.64. The summed E-state index contributed by atoms with van der Waals surface area (Å²) in [5, 5.41) is 12.2. The van der Waals surface area contributed by atoms with Crippen LogP contribution in [-0.2, 0) is 9.53 Å². The van der Waals surface area contributed by atoms with Crippen molar-refractivity contribution in [3.8, 4) is 6.07 Å². The minimum atomic E-state index is -0.776. The fourth-order valence-electron chi connectivity index (χ4n) is 2.41. The van der Waals surface area contributed by atoms with E-state index in [-0.39, 0.29) is 5.91 Å². The highest BCUT2D eigenvalue weighted by Gasteiger charge is 2.38. The van der Waals surface area contributed by atoms with Gasteiger partial charge in [0.25, 0.3) is 0 Å². The second-order valence-electron chi connectivity index (χ2n) is 4.91. The Morgan fingerprint density at radius 3 is 2.56 bits per heavy atom. The van der Waals surface area contributed by atoms with Crippen LogP contribution in [-0.4, -0.2) is 25.7 Å². The van der Waals surface area contributed by atoms with Crippen molar-refractivity contribution in [3.63, 3.8) is 0 Å². The van der Waals surface area contributed by atoms with E-state index in [2.05, 4.69) is 11.4 Å². The highest BCUT2D eigenvalue weighted by molar-refractivity contribution is 5.85. The zero-order valence-electron chi connectivity index (χ0n) is 11.3. The molecule has 1 amide bonds. The van der Waals surface area contributed by atoms with E-state index < -0.39 is 5.41 Å². The van der Waals surface area contributed by atoms with Crippen LogP contribution < -0.4 is 5.32 Å². The zero-order chi connectivity index (χ0) is 13.3. The molecular formula is C14H24N2O2. The molecule has 0 aliphatic heterocycles. The van der Waals surface area contributed by atoms with Crippen molar-refractivity contribution in [1.82, 2.24) is 5.32 Å². The molecule has 0 aromatic heterocycles. The first-order valence-corrected chi connectivity index (χ1v) is 7.02. The predicted octanol–water partition coefficient (Wildman–Crippen LogP) is 2.39.